The number of carboxylic acid groups (broad SMARTS) is 1. The quantitative estimate of drug-likeness (QED) is 0.477. The lowest BCUT2D eigenvalue weighted by molar-refractivity contribution is -0.138. The molecule has 4 amide bonds. The number of aromatic nitrogens is 1. The number of amides is 4. The number of nitrogens with zero attached hydrogens (tertiary/aromatic N) is 4. The summed E-state index contributed by atoms with van der Waals surface area (Å²) in [5.41, 5.74) is -1.82. The van der Waals surface area contributed by atoms with E-state index >= 15 is 0 Å². The van der Waals surface area contributed by atoms with Crippen molar-refractivity contribution < 1.29 is 41.4 Å². The summed E-state index contributed by atoms with van der Waals surface area (Å²) in [5.74, 6) is -4.08. The first-order valence-corrected chi connectivity index (χ1v) is 10.2. The molecule has 1 aromatic carbocycles. The summed E-state index contributed by atoms with van der Waals surface area (Å²) >= 11 is 5.56. The molecule has 0 unspecified atom stereocenters. The number of alkyl halides is 3. The summed E-state index contributed by atoms with van der Waals surface area (Å²) in [4.78, 5) is 43.1. The Morgan fingerprint density at radius 1 is 1.26 bits per heavy atom. The van der Waals surface area contributed by atoms with Crippen LogP contribution in [0.3, 0.4) is 0 Å². The lowest BCUT2D eigenvalue weighted by Crippen LogP contribution is -2.47. The zero-order chi connectivity index (χ0) is 25.8. The third-order valence-corrected chi connectivity index (χ3v) is 5.97. The van der Waals surface area contributed by atoms with E-state index in [2.05, 4.69) is 4.98 Å². The minimum atomic E-state index is -4.83. The highest BCUT2D eigenvalue weighted by molar-refractivity contribution is 6.31. The van der Waals surface area contributed by atoms with Crippen molar-refractivity contribution in [3.05, 3.63) is 57.8 Å². The van der Waals surface area contributed by atoms with Crippen molar-refractivity contribution in [2.75, 3.05) is 23.4 Å². The molecule has 2 aliphatic rings. The number of likely N-dealkylation sites (N-methyl/N-ethyl adjacent to an activating group) is 1. The Morgan fingerprint density at radius 2 is 1.94 bits per heavy atom. The second-order valence-electron chi connectivity index (χ2n) is 7.65. The van der Waals surface area contributed by atoms with E-state index in [0.717, 1.165) is 19.2 Å². The molecule has 1 atom stereocenters. The average Bonchev–Trinajstić information content (AvgIpc) is 3.39. The second-order valence-corrected chi connectivity index (χ2v) is 8.03. The molecule has 1 saturated heterocycles. The molecule has 2 aromatic rings. The molecule has 184 valence electrons. The Labute approximate surface area is 198 Å². The third kappa shape index (κ3) is 4.05. The van der Waals surface area contributed by atoms with Gasteiger partial charge in [-0.3, -0.25) is 9.69 Å². The van der Waals surface area contributed by atoms with Crippen LogP contribution in [0.15, 0.2) is 24.3 Å². The average molecular weight is 517 g/mol. The molecule has 1 aliphatic carbocycles. The normalized spacial score (nSPS) is 17.2. The molecule has 0 spiro atoms. The fraction of sp³-hybridized carbons (Fsp3) is 0.238. The number of fused-ring (bicyclic) bond motifs is 1. The number of imide groups is 1. The first kappa shape index (κ1) is 24.4. The predicted octanol–water partition coefficient (Wildman–Crippen LogP) is 4.55. The Hall–Kier alpha value is -3.74. The topological polar surface area (TPSA) is 94.1 Å². The number of carbonyl (C=O) groups is 3. The van der Waals surface area contributed by atoms with E-state index in [9.17, 15) is 41.4 Å². The van der Waals surface area contributed by atoms with Gasteiger partial charge in [0.15, 0.2) is 5.82 Å². The van der Waals surface area contributed by atoms with E-state index in [4.69, 9.17) is 11.6 Å². The minimum Gasteiger partial charge on any atom is -0.465 e. The van der Waals surface area contributed by atoms with Gasteiger partial charge in [-0.15, -0.1) is 0 Å². The molecule has 1 aliphatic heterocycles. The van der Waals surface area contributed by atoms with Crippen LogP contribution in [0.4, 0.5) is 43.0 Å². The van der Waals surface area contributed by atoms with Crippen LogP contribution in [0.5, 0.6) is 0 Å². The van der Waals surface area contributed by atoms with Crippen molar-refractivity contribution in [1.29, 1.82) is 0 Å². The van der Waals surface area contributed by atoms with Crippen molar-refractivity contribution in [2.24, 2.45) is 0 Å². The highest BCUT2D eigenvalue weighted by Gasteiger charge is 2.48. The number of carbonyl (C=O) groups excluding carboxylic acids is 2. The lowest BCUT2D eigenvalue weighted by Gasteiger charge is -2.27. The standard InChI is InChI=1S/C21H14ClF5N4O4/c1-29(13-6-5-11(23)16(22)17(13)24)18(32)14-8-30(20(34)35)19(33)31(14)15-7-10(21(25,26)27)9-3-2-4-12(9)28-15/h2,4-7,14H,3,8H2,1H3,(H,34,35)/t14-/m0/s1. The molecule has 0 saturated carbocycles. The van der Waals surface area contributed by atoms with Crippen LogP contribution < -0.4 is 9.80 Å². The van der Waals surface area contributed by atoms with E-state index in [-0.39, 0.29) is 22.6 Å². The molecule has 8 nitrogen and oxygen atoms in total. The van der Waals surface area contributed by atoms with Gasteiger partial charge in [-0.1, -0.05) is 17.7 Å². The molecule has 35 heavy (non-hydrogen) atoms. The van der Waals surface area contributed by atoms with Crippen molar-refractivity contribution in [3.63, 3.8) is 0 Å². The molecular weight excluding hydrogens is 503 g/mol. The summed E-state index contributed by atoms with van der Waals surface area (Å²) < 4.78 is 69.2. The minimum absolute atomic E-state index is 0.0532. The van der Waals surface area contributed by atoms with E-state index in [1.54, 1.807) is 0 Å². The molecular formula is C21H14ClF5N4O4. The summed E-state index contributed by atoms with van der Waals surface area (Å²) in [6.07, 6.45) is -3.90. The number of allylic oxidation sites excluding steroid dienone is 1. The van der Waals surface area contributed by atoms with Gasteiger partial charge in [0.25, 0.3) is 5.91 Å². The van der Waals surface area contributed by atoms with Crippen molar-refractivity contribution >= 4 is 47.2 Å². The highest BCUT2D eigenvalue weighted by atomic mass is 35.5. The number of anilines is 2. The van der Waals surface area contributed by atoms with Crippen molar-refractivity contribution in [3.8, 4) is 0 Å². The summed E-state index contributed by atoms with van der Waals surface area (Å²) in [5, 5.41) is 8.47. The molecule has 1 aromatic heterocycles. The maximum Gasteiger partial charge on any atom is 0.416 e. The summed E-state index contributed by atoms with van der Waals surface area (Å²) in [6, 6.07) is -0.779. The van der Waals surface area contributed by atoms with Gasteiger partial charge in [0.1, 0.15) is 22.7 Å². The monoisotopic (exact) mass is 516 g/mol. The van der Waals surface area contributed by atoms with Crippen molar-refractivity contribution in [2.45, 2.75) is 18.6 Å². The third-order valence-electron chi connectivity index (χ3n) is 5.62. The predicted molar refractivity (Wildman–Crippen MR) is 113 cm³/mol. The Morgan fingerprint density at radius 3 is 2.57 bits per heavy atom. The van der Waals surface area contributed by atoms with Gasteiger partial charge in [-0.2, -0.15) is 13.2 Å². The molecule has 4 rings (SSSR count). The van der Waals surface area contributed by atoms with E-state index in [0.29, 0.717) is 15.9 Å². The van der Waals surface area contributed by atoms with Gasteiger partial charge < -0.3 is 10.0 Å². The largest absolute Gasteiger partial charge is 0.465 e. The number of hydrogen-bond donors (Lipinski definition) is 1. The van der Waals surface area contributed by atoms with E-state index in [1.807, 2.05) is 0 Å². The second kappa shape index (κ2) is 8.48. The van der Waals surface area contributed by atoms with Crippen LogP contribution in [-0.4, -0.2) is 52.7 Å². The van der Waals surface area contributed by atoms with Gasteiger partial charge in [-0.25, -0.2) is 28.3 Å². The van der Waals surface area contributed by atoms with Crippen LogP contribution in [0.25, 0.3) is 6.08 Å². The van der Waals surface area contributed by atoms with E-state index < -0.39 is 70.5 Å². The number of urea groups is 1. The highest BCUT2D eigenvalue weighted by Crippen LogP contribution is 2.39. The fourth-order valence-corrected chi connectivity index (χ4v) is 4.07. The van der Waals surface area contributed by atoms with E-state index in [1.165, 1.54) is 12.2 Å². The first-order valence-electron chi connectivity index (χ1n) is 9.85. The van der Waals surface area contributed by atoms with Gasteiger partial charge in [0.2, 0.25) is 0 Å². The van der Waals surface area contributed by atoms with Crippen LogP contribution in [0.2, 0.25) is 5.02 Å². The summed E-state index contributed by atoms with van der Waals surface area (Å²) in [6.45, 7) is -0.774. The smallest absolute Gasteiger partial charge is 0.416 e. The zero-order valence-electron chi connectivity index (χ0n) is 17.6. The SMILES string of the molecule is CN(C(=O)[C@@H]1CN(C(=O)O)C(=O)N1c1cc(C(F)(F)F)c2c(n1)C=CC2)c1ccc(F)c(Cl)c1F. The maximum atomic E-state index is 14.5. The molecule has 1 fully saturated rings. The van der Waals surface area contributed by atoms with Crippen LogP contribution in [0, 0.1) is 11.6 Å². The van der Waals surface area contributed by atoms with Gasteiger partial charge in [-0.05, 0) is 36.3 Å². The van der Waals surface area contributed by atoms with Crippen LogP contribution in [0.1, 0.15) is 16.8 Å². The Kier molecular flexibility index (Phi) is 5.91. The Balaban J connectivity index is 1.81. The zero-order valence-corrected chi connectivity index (χ0v) is 18.4. The maximum absolute atomic E-state index is 14.5. The number of hydrogen-bond acceptors (Lipinski definition) is 4. The molecule has 1 N–H and O–H groups in total. The number of rotatable bonds is 3. The van der Waals surface area contributed by atoms with Gasteiger partial charge in [0, 0.05) is 7.05 Å². The fourth-order valence-electron chi connectivity index (χ4n) is 3.91. The van der Waals surface area contributed by atoms with Gasteiger partial charge >= 0.3 is 18.3 Å². The molecule has 2 heterocycles. The Bertz CT molecular complexity index is 1300. The molecule has 14 heteroatoms. The number of benzene rings is 1. The lowest BCUT2D eigenvalue weighted by atomic mass is 10.1. The molecule has 0 bridgehead atoms. The van der Waals surface area contributed by atoms with Gasteiger partial charge in [0.05, 0.1) is 23.5 Å². The number of pyridine rings is 1. The van der Waals surface area contributed by atoms with Crippen LogP contribution in [-0.2, 0) is 17.4 Å². The number of halogens is 6. The first-order chi connectivity index (χ1) is 16.3. The summed E-state index contributed by atoms with van der Waals surface area (Å²) in [7, 11) is 1.06. The van der Waals surface area contributed by atoms with Crippen LogP contribution >= 0.6 is 11.6 Å². The molecule has 0 radical (unpaired) electrons. The van der Waals surface area contributed by atoms with Crippen molar-refractivity contribution in [1.82, 2.24) is 9.88 Å².